The molecule has 0 amide bonds. The van der Waals surface area contributed by atoms with Gasteiger partial charge in [-0.1, -0.05) is 41.9 Å². The van der Waals surface area contributed by atoms with E-state index in [4.69, 9.17) is 11.6 Å². The van der Waals surface area contributed by atoms with Crippen molar-refractivity contribution >= 4 is 32.7 Å². The molecule has 4 rings (SSSR count). The summed E-state index contributed by atoms with van der Waals surface area (Å²) in [7, 11) is -3.95. The highest BCUT2D eigenvalue weighted by Crippen LogP contribution is 2.31. The number of nitrogens with zero attached hydrogens (tertiary/aromatic N) is 2. The zero-order chi connectivity index (χ0) is 19.0. The highest BCUT2D eigenvalue weighted by Gasteiger charge is 2.27. The highest BCUT2D eigenvalue weighted by atomic mass is 35.5. The van der Waals surface area contributed by atoms with E-state index in [1.54, 1.807) is 60.7 Å². The van der Waals surface area contributed by atoms with E-state index in [1.165, 1.54) is 18.3 Å². The Morgan fingerprint density at radius 1 is 0.963 bits per heavy atom. The Labute approximate surface area is 161 Å². The minimum atomic E-state index is -3.95. The van der Waals surface area contributed by atoms with Gasteiger partial charge in [0.25, 0.3) is 10.0 Å². The third-order valence-electron chi connectivity index (χ3n) is 4.29. The van der Waals surface area contributed by atoms with Crippen molar-refractivity contribution in [3.8, 4) is 0 Å². The van der Waals surface area contributed by atoms with Gasteiger partial charge in [0.15, 0.2) is 5.65 Å². The van der Waals surface area contributed by atoms with Crippen LogP contribution in [-0.4, -0.2) is 22.5 Å². The molecule has 0 fully saturated rings. The topological polar surface area (TPSA) is 72.2 Å². The molecule has 27 heavy (non-hydrogen) atoms. The summed E-state index contributed by atoms with van der Waals surface area (Å²) < 4.78 is 27.7. The molecule has 2 heterocycles. The third-order valence-corrected chi connectivity index (χ3v) is 6.28. The van der Waals surface area contributed by atoms with Crippen LogP contribution in [0.15, 0.2) is 83.9 Å². The monoisotopic (exact) mass is 398 g/mol. The van der Waals surface area contributed by atoms with Crippen LogP contribution in [0.5, 0.6) is 0 Å². The number of benzene rings is 2. The molecule has 1 atom stereocenters. The van der Waals surface area contributed by atoms with Crippen molar-refractivity contribution in [3.05, 3.63) is 95.3 Å². The number of aliphatic hydroxyl groups excluding tert-OH is 1. The Balaban J connectivity index is 1.97. The summed E-state index contributed by atoms with van der Waals surface area (Å²) in [6, 6.07) is 19.8. The van der Waals surface area contributed by atoms with E-state index in [0.717, 1.165) is 3.97 Å². The summed E-state index contributed by atoms with van der Waals surface area (Å²) in [4.78, 5) is 4.36. The van der Waals surface area contributed by atoms with Gasteiger partial charge in [0.1, 0.15) is 6.10 Å². The second kappa shape index (κ2) is 6.81. The molecule has 1 N–H and O–H groups in total. The molecule has 2 aromatic carbocycles. The smallest absolute Gasteiger partial charge is 0.269 e. The second-order valence-electron chi connectivity index (χ2n) is 6.02. The standard InChI is InChI=1S/C20H15ClN2O3S/c21-16-10-8-14(9-11-16)19(24)18-13-15-5-4-12-22-20(15)23(18)27(25,26)17-6-2-1-3-7-17/h1-13,19,24H/t19-/m1/s1. The van der Waals surface area contributed by atoms with Gasteiger partial charge in [0.05, 0.1) is 10.6 Å². The molecule has 7 heteroatoms. The van der Waals surface area contributed by atoms with E-state index < -0.39 is 16.1 Å². The molecule has 0 aliphatic rings. The summed E-state index contributed by atoms with van der Waals surface area (Å²) in [5, 5.41) is 12.1. The Morgan fingerprint density at radius 2 is 1.67 bits per heavy atom. The summed E-state index contributed by atoms with van der Waals surface area (Å²) in [6.07, 6.45) is 0.368. The molecule has 0 radical (unpaired) electrons. The fourth-order valence-corrected chi connectivity index (χ4v) is 4.64. The number of hydrogen-bond acceptors (Lipinski definition) is 4. The molecule has 0 spiro atoms. The molecule has 2 aromatic heterocycles. The quantitative estimate of drug-likeness (QED) is 0.563. The number of fused-ring (bicyclic) bond motifs is 1. The van der Waals surface area contributed by atoms with Crippen LogP contribution in [-0.2, 0) is 10.0 Å². The SMILES string of the molecule is O=S(=O)(c1ccccc1)n1c([C@H](O)c2ccc(Cl)cc2)cc2cccnc21. The van der Waals surface area contributed by atoms with Crippen molar-refractivity contribution in [2.45, 2.75) is 11.0 Å². The highest BCUT2D eigenvalue weighted by molar-refractivity contribution is 7.90. The molecule has 0 aliphatic heterocycles. The fourth-order valence-electron chi connectivity index (χ4n) is 2.99. The van der Waals surface area contributed by atoms with Gasteiger partial charge in [-0.2, -0.15) is 0 Å². The van der Waals surface area contributed by atoms with Gasteiger partial charge in [-0.3, -0.25) is 0 Å². The Hall–Kier alpha value is -2.67. The molecule has 4 aromatic rings. The first kappa shape index (κ1) is 17.7. The van der Waals surface area contributed by atoms with Crippen molar-refractivity contribution in [1.82, 2.24) is 8.96 Å². The van der Waals surface area contributed by atoms with E-state index in [0.29, 0.717) is 16.0 Å². The van der Waals surface area contributed by atoms with Crippen LogP contribution >= 0.6 is 11.6 Å². The largest absolute Gasteiger partial charge is 0.382 e. The van der Waals surface area contributed by atoms with Crippen LogP contribution in [0.4, 0.5) is 0 Å². The van der Waals surface area contributed by atoms with E-state index in [2.05, 4.69) is 4.98 Å². The minimum absolute atomic E-state index is 0.123. The average Bonchev–Trinajstić information content (AvgIpc) is 3.09. The van der Waals surface area contributed by atoms with Gasteiger partial charge in [0, 0.05) is 16.6 Å². The van der Waals surface area contributed by atoms with Crippen molar-refractivity contribution in [3.63, 3.8) is 0 Å². The third kappa shape index (κ3) is 3.12. The van der Waals surface area contributed by atoms with Gasteiger partial charge in [0.2, 0.25) is 0 Å². The predicted octanol–water partition coefficient (Wildman–Crippen LogP) is 4.01. The van der Waals surface area contributed by atoms with E-state index in [1.807, 2.05) is 0 Å². The Kier molecular flexibility index (Phi) is 4.47. The summed E-state index contributed by atoms with van der Waals surface area (Å²) in [5.41, 5.74) is 1.02. The molecule has 0 unspecified atom stereocenters. The summed E-state index contributed by atoms with van der Waals surface area (Å²) >= 11 is 5.92. The number of rotatable bonds is 4. The fraction of sp³-hybridized carbons (Fsp3) is 0.0500. The van der Waals surface area contributed by atoms with Gasteiger partial charge < -0.3 is 5.11 Å². The van der Waals surface area contributed by atoms with E-state index in [-0.39, 0.29) is 16.2 Å². The zero-order valence-electron chi connectivity index (χ0n) is 14.0. The van der Waals surface area contributed by atoms with Gasteiger partial charge in [-0.15, -0.1) is 0 Å². The lowest BCUT2D eigenvalue weighted by atomic mass is 10.1. The molecular formula is C20H15ClN2O3S. The van der Waals surface area contributed by atoms with Crippen LogP contribution in [0.2, 0.25) is 5.02 Å². The minimum Gasteiger partial charge on any atom is -0.382 e. The molecule has 0 saturated heterocycles. The number of hydrogen-bond donors (Lipinski definition) is 1. The van der Waals surface area contributed by atoms with Crippen molar-refractivity contribution < 1.29 is 13.5 Å². The first-order valence-electron chi connectivity index (χ1n) is 8.19. The lowest BCUT2D eigenvalue weighted by Crippen LogP contribution is -2.18. The second-order valence-corrected chi connectivity index (χ2v) is 8.25. The van der Waals surface area contributed by atoms with Crippen LogP contribution in [0.25, 0.3) is 11.0 Å². The van der Waals surface area contributed by atoms with Crippen LogP contribution in [0.3, 0.4) is 0 Å². The summed E-state index contributed by atoms with van der Waals surface area (Å²) in [6.45, 7) is 0. The zero-order valence-corrected chi connectivity index (χ0v) is 15.6. The lowest BCUT2D eigenvalue weighted by molar-refractivity contribution is 0.214. The normalized spacial score (nSPS) is 13.0. The lowest BCUT2D eigenvalue weighted by Gasteiger charge is -2.16. The number of aliphatic hydroxyl groups is 1. The van der Waals surface area contributed by atoms with Crippen LogP contribution in [0, 0.1) is 0 Å². The molecule has 5 nitrogen and oxygen atoms in total. The Morgan fingerprint density at radius 3 is 2.37 bits per heavy atom. The van der Waals surface area contributed by atoms with E-state index >= 15 is 0 Å². The predicted molar refractivity (Wildman–Crippen MR) is 104 cm³/mol. The average molecular weight is 399 g/mol. The summed E-state index contributed by atoms with van der Waals surface area (Å²) in [5.74, 6) is 0. The molecule has 0 bridgehead atoms. The number of halogens is 1. The molecule has 0 saturated carbocycles. The van der Waals surface area contributed by atoms with Crippen LogP contribution < -0.4 is 0 Å². The van der Waals surface area contributed by atoms with Crippen molar-refractivity contribution in [2.24, 2.45) is 0 Å². The molecule has 136 valence electrons. The van der Waals surface area contributed by atoms with Gasteiger partial charge in [-0.25, -0.2) is 17.4 Å². The van der Waals surface area contributed by atoms with Crippen molar-refractivity contribution in [2.75, 3.05) is 0 Å². The maximum Gasteiger partial charge on any atom is 0.269 e. The first-order chi connectivity index (χ1) is 13.0. The molecular weight excluding hydrogens is 384 g/mol. The van der Waals surface area contributed by atoms with Crippen molar-refractivity contribution in [1.29, 1.82) is 0 Å². The molecule has 0 aliphatic carbocycles. The Bertz CT molecular complexity index is 1200. The van der Waals surface area contributed by atoms with Crippen LogP contribution in [0.1, 0.15) is 17.4 Å². The maximum absolute atomic E-state index is 13.3. The number of pyridine rings is 1. The first-order valence-corrected chi connectivity index (χ1v) is 10.0. The van der Waals surface area contributed by atoms with E-state index in [9.17, 15) is 13.5 Å². The maximum atomic E-state index is 13.3. The van der Waals surface area contributed by atoms with Gasteiger partial charge >= 0.3 is 0 Å². The number of aromatic nitrogens is 2. The van der Waals surface area contributed by atoms with Gasteiger partial charge in [-0.05, 0) is 48.0 Å².